The second-order valence-corrected chi connectivity index (χ2v) is 7.22. The summed E-state index contributed by atoms with van der Waals surface area (Å²) in [6, 6.07) is 4.77. The molecule has 21 heavy (non-hydrogen) atoms. The second kappa shape index (κ2) is 7.63. The van der Waals surface area contributed by atoms with E-state index in [9.17, 15) is 13.2 Å². The third kappa shape index (κ3) is 6.33. The summed E-state index contributed by atoms with van der Waals surface area (Å²) in [7, 11) is -2.22. The molecule has 0 fully saturated rings. The molecule has 8 heteroatoms. The SMILES string of the molecule is CC(C)CCN(C)NC(=O)NS(=O)(=O)c1ccc(Cl)cc1. The van der Waals surface area contributed by atoms with Crippen LogP contribution < -0.4 is 10.1 Å². The quantitative estimate of drug-likeness (QED) is 0.782. The zero-order valence-electron chi connectivity index (χ0n) is 12.3. The van der Waals surface area contributed by atoms with Crippen molar-refractivity contribution in [2.75, 3.05) is 13.6 Å². The number of nitrogens with one attached hydrogen (secondary N) is 2. The number of halogens is 1. The maximum Gasteiger partial charge on any atom is 0.343 e. The summed E-state index contributed by atoms with van der Waals surface area (Å²) in [5, 5.41) is 1.97. The summed E-state index contributed by atoms with van der Waals surface area (Å²) in [4.78, 5) is 11.7. The highest BCUT2D eigenvalue weighted by Gasteiger charge is 2.18. The van der Waals surface area contributed by atoms with E-state index in [2.05, 4.69) is 19.3 Å². The number of urea groups is 1. The number of sulfonamides is 1. The summed E-state index contributed by atoms with van der Waals surface area (Å²) in [5.74, 6) is 0.495. The van der Waals surface area contributed by atoms with Crippen LogP contribution in [0.3, 0.4) is 0 Å². The predicted molar refractivity (Wildman–Crippen MR) is 82.4 cm³/mol. The highest BCUT2D eigenvalue weighted by Crippen LogP contribution is 2.13. The van der Waals surface area contributed by atoms with Crippen LogP contribution in [0.25, 0.3) is 0 Å². The number of amides is 2. The molecule has 0 unspecified atom stereocenters. The van der Waals surface area contributed by atoms with Crippen molar-refractivity contribution in [2.24, 2.45) is 5.92 Å². The Balaban J connectivity index is 2.59. The van der Waals surface area contributed by atoms with Gasteiger partial charge in [-0.2, -0.15) is 0 Å². The molecular formula is C13H20ClN3O3S. The summed E-state index contributed by atoms with van der Waals surface area (Å²) in [6.07, 6.45) is 0.890. The number of nitrogens with zero attached hydrogens (tertiary/aromatic N) is 1. The van der Waals surface area contributed by atoms with Gasteiger partial charge in [-0.3, -0.25) is 5.43 Å². The Morgan fingerprint density at radius 3 is 2.38 bits per heavy atom. The first-order valence-electron chi connectivity index (χ1n) is 6.51. The molecule has 1 rings (SSSR count). The van der Waals surface area contributed by atoms with E-state index in [0.717, 1.165) is 6.42 Å². The molecule has 0 aliphatic carbocycles. The molecule has 2 amide bonds. The largest absolute Gasteiger partial charge is 0.343 e. The van der Waals surface area contributed by atoms with Crippen LogP contribution in [0.15, 0.2) is 29.2 Å². The Kier molecular flexibility index (Phi) is 6.44. The first-order valence-corrected chi connectivity index (χ1v) is 8.37. The van der Waals surface area contributed by atoms with Gasteiger partial charge in [0.25, 0.3) is 10.0 Å². The highest BCUT2D eigenvalue weighted by molar-refractivity contribution is 7.90. The number of carbonyl (C=O) groups is 1. The van der Waals surface area contributed by atoms with Crippen molar-refractivity contribution >= 4 is 27.7 Å². The minimum Gasteiger partial charge on any atom is -0.270 e. The van der Waals surface area contributed by atoms with E-state index in [1.54, 1.807) is 12.1 Å². The van der Waals surface area contributed by atoms with Crippen LogP contribution >= 0.6 is 11.6 Å². The van der Waals surface area contributed by atoms with Crippen molar-refractivity contribution < 1.29 is 13.2 Å². The molecule has 6 nitrogen and oxygen atoms in total. The number of hydrogen-bond acceptors (Lipinski definition) is 4. The van der Waals surface area contributed by atoms with Gasteiger partial charge in [0.1, 0.15) is 0 Å². The van der Waals surface area contributed by atoms with Crippen LogP contribution in [-0.2, 0) is 10.0 Å². The van der Waals surface area contributed by atoms with Crippen LogP contribution in [0.2, 0.25) is 5.02 Å². The first-order chi connectivity index (χ1) is 9.70. The summed E-state index contributed by atoms with van der Waals surface area (Å²) >= 11 is 5.70. The Morgan fingerprint density at radius 1 is 1.29 bits per heavy atom. The van der Waals surface area contributed by atoms with Gasteiger partial charge in [-0.15, -0.1) is 0 Å². The Bertz CT molecular complexity index is 573. The maximum atomic E-state index is 12.0. The van der Waals surface area contributed by atoms with Crippen LogP contribution in [0.1, 0.15) is 20.3 Å². The summed E-state index contributed by atoms with van der Waals surface area (Å²) < 4.78 is 25.9. The normalized spacial score (nSPS) is 11.7. The second-order valence-electron chi connectivity index (χ2n) is 5.10. The molecule has 0 aromatic heterocycles. The Hall–Kier alpha value is -1.31. The molecule has 0 bridgehead atoms. The van der Waals surface area contributed by atoms with Crippen LogP contribution in [0.4, 0.5) is 4.79 Å². The minimum atomic E-state index is -3.90. The molecule has 0 aliphatic rings. The van der Waals surface area contributed by atoms with E-state index in [4.69, 9.17) is 11.6 Å². The van der Waals surface area contributed by atoms with E-state index in [-0.39, 0.29) is 4.90 Å². The van der Waals surface area contributed by atoms with Gasteiger partial charge in [0, 0.05) is 18.6 Å². The molecule has 0 saturated carbocycles. The molecule has 0 heterocycles. The molecule has 0 spiro atoms. The molecule has 2 N–H and O–H groups in total. The average Bonchev–Trinajstić information content (AvgIpc) is 2.36. The standard InChI is InChI=1S/C13H20ClN3O3S/c1-10(2)8-9-17(3)15-13(18)16-21(19,20)12-6-4-11(14)5-7-12/h4-7,10H,8-9H2,1-3H3,(H2,15,16,18). The topological polar surface area (TPSA) is 78.5 Å². The third-order valence-electron chi connectivity index (χ3n) is 2.69. The van der Waals surface area contributed by atoms with Crippen LogP contribution in [0, 0.1) is 5.92 Å². The molecule has 0 saturated heterocycles. The van der Waals surface area contributed by atoms with Gasteiger partial charge < -0.3 is 0 Å². The van der Waals surface area contributed by atoms with Crippen LogP contribution in [-0.4, -0.2) is 33.1 Å². The van der Waals surface area contributed by atoms with Crippen molar-refractivity contribution in [3.8, 4) is 0 Å². The van der Waals surface area contributed by atoms with Gasteiger partial charge >= 0.3 is 6.03 Å². The lowest BCUT2D eigenvalue weighted by Gasteiger charge is -2.19. The van der Waals surface area contributed by atoms with E-state index in [1.165, 1.54) is 24.3 Å². The molecule has 0 radical (unpaired) electrons. The van der Waals surface area contributed by atoms with E-state index in [1.807, 2.05) is 4.72 Å². The van der Waals surface area contributed by atoms with Crippen molar-refractivity contribution in [1.82, 2.24) is 15.2 Å². The van der Waals surface area contributed by atoms with Gasteiger partial charge in [-0.05, 0) is 36.6 Å². The van der Waals surface area contributed by atoms with E-state index >= 15 is 0 Å². The molecular weight excluding hydrogens is 314 g/mol. The number of hydrazine groups is 1. The molecule has 118 valence electrons. The third-order valence-corrected chi connectivity index (χ3v) is 4.28. The lowest BCUT2D eigenvalue weighted by Crippen LogP contribution is -2.47. The Labute approximate surface area is 130 Å². The van der Waals surface area contributed by atoms with Gasteiger partial charge in [-0.25, -0.2) is 22.9 Å². The molecule has 0 aliphatic heterocycles. The first kappa shape index (κ1) is 17.7. The van der Waals surface area contributed by atoms with Crippen molar-refractivity contribution in [3.05, 3.63) is 29.3 Å². The number of hydrogen-bond donors (Lipinski definition) is 2. The van der Waals surface area contributed by atoms with Crippen molar-refractivity contribution in [1.29, 1.82) is 0 Å². The summed E-state index contributed by atoms with van der Waals surface area (Å²) in [5.41, 5.74) is 2.45. The molecule has 1 aromatic rings. The lowest BCUT2D eigenvalue weighted by molar-refractivity contribution is 0.198. The summed E-state index contributed by atoms with van der Waals surface area (Å²) in [6.45, 7) is 4.77. The Morgan fingerprint density at radius 2 is 1.86 bits per heavy atom. The lowest BCUT2D eigenvalue weighted by atomic mass is 10.1. The smallest absolute Gasteiger partial charge is 0.270 e. The highest BCUT2D eigenvalue weighted by atomic mass is 35.5. The average molecular weight is 334 g/mol. The van der Waals surface area contributed by atoms with Gasteiger partial charge in [0.2, 0.25) is 0 Å². The fraction of sp³-hybridized carbons (Fsp3) is 0.462. The zero-order valence-corrected chi connectivity index (χ0v) is 13.8. The number of benzene rings is 1. The number of carbonyl (C=O) groups excluding carboxylic acids is 1. The number of rotatable bonds is 6. The van der Waals surface area contributed by atoms with Gasteiger partial charge in [0.15, 0.2) is 0 Å². The minimum absolute atomic E-state index is 0.0214. The van der Waals surface area contributed by atoms with Crippen molar-refractivity contribution in [3.63, 3.8) is 0 Å². The zero-order chi connectivity index (χ0) is 16.0. The van der Waals surface area contributed by atoms with E-state index in [0.29, 0.717) is 17.5 Å². The fourth-order valence-corrected chi connectivity index (χ4v) is 2.53. The van der Waals surface area contributed by atoms with Gasteiger partial charge in [0.05, 0.1) is 4.90 Å². The van der Waals surface area contributed by atoms with Crippen molar-refractivity contribution in [2.45, 2.75) is 25.2 Å². The van der Waals surface area contributed by atoms with E-state index < -0.39 is 16.1 Å². The molecule has 1 aromatic carbocycles. The molecule has 0 atom stereocenters. The maximum absolute atomic E-state index is 12.0. The predicted octanol–water partition coefficient (Wildman–Crippen LogP) is 2.22. The monoisotopic (exact) mass is 333 g/mol. The van der Waals surface area contributed by atoms with Crippen LogP contribution in [0.5, 0.6) is 0 Å². The van der Waals surface area contributed by atoms with Gasteiger partial charge in [-0.1, -0.05) is 25.4 Å². The fourth-order valence-electron chi connectivity index (χ4n) is 1.50.